The van der Waals surface area contributed by atoms with Crippen LogP contribution in [0.3, 0.4) is 0 Å². The van der Waals surface area contributed by atoms with Crippen LogP contribution >= 0.6 is 0 Å². The Kier molecular flexibility index (Phi) is 3.29. The molecule has 2 rings (SSSR count). The Labute approximate surface area is 96.6 Å². The molecule has 1 saturated heterocycles. The Hall–Kier alpha value is -0.140. The van der Waals surface area contributed by atoms with Gasteiger partial charge in [-0.3, -0.25) is 0 Å². The van der Waals surface area contributed by atoms with Gasteiger partial charge >= 0.3 is 0 Å². The summed E-state index contributed by atoms with van der Waals surface area (Å²) >= 11 is 0. The molecule has 0 aromatic rings. The fourth-order valence-electron chi connectivity index (χ4n) is 2.38. The van der Waals surface area contributed by atoms with Crippen molar-refractivity contribution in [3.8, 4) is 0 Å². The fourth-order valence-corrected chi connectivity index (χ4v) is 6.73. The highest BCUT2D eigenvalue weighted by Gasteiger charge is 2.38. The number of hydrogen-bond acceptors (Lipinski definition) is 4. The molecule has 0 radical (unpaired) electrons. The first-order chi connectivity index (χ1) is 7.39. The smallest absolute Gasteiger partial charge is 0.215 e. The van der Waals surface area contributed by atoms with Crippen LogP contribution < -0.4 is 4.72 Å². The molecule has 0 spiro atoms. The first kappa shape index (κ1) is 12.3. The molecule has 1 aliphatic heterocycles. The molecule has 1 saturated carbocycles. The number of nitrogens with one attached hydrogen (secondary N) is 1. The van der Waals surface area contributed by atoms with E-state index in [4.69, 9.17) is 0 Å². The number of hydrogen-bond donors (Lipinski definition) is 1. The van der Waals surface area contributed by atoms with Crippen molar-refractivity contribution in [3.05, 3.63) is 0 Å². The van der Waals surface area contributed by atoms with Crippen LogP contribution in [0.4, 0.5) is 0 Å². The third kappa shape index (κ3) is 2.75. The summed E-state index contributed by atoms with van der Waals surface area (Å²) in [5, 5.41) is -0.738. The van der Waals surface area contributed by atoms with Crippen molar-refractivity contribution in [1.29, 1.82) is 0 Å². The number of rotatable bonds is 3. The summed E-state index contributed by atoms with van der Waals surface area (Å²) in [7, 11) is -6.58. The van der Waals surface area contributed by atoms with Gasteiger partial charge in [0.15, 0.2) is 9.84 Å². The summed E-state index contributed by atoms with van der Waals surface area (Å²) in [6.07, 6.45) is 4.09. The highest BCUT2D eigenvalue weighted by Crippen LogP contribution is 2.22. The van der Waals surface area contributed by atoms with Gasteiger partial charge in [0, 0.05) is 6.04 Å². The van der Waals surface area contributed by atoms with Crippen molar-refractivity contribution in [3.63, 3.8) is 0 Å². The van der Waals surface area contributed by atoms with Crippen molar-refractivity contribution in [1.82, 2.24) is 4.72 Å². The lowest BCUT2D eigenvalue weighted by Crippen LogP contribution is -2.40. The molecule has 0 bridgehead atoms. The van der Waals surface area contributed by atoms with Crippen LogP contribution in [0.1, 0.15) is 32.1 Å². The summed E-state index contributed by atoms with van der Waals surface area (Å²) in [5.74, 6) is -0.210. The van der Waals surface area contributed by atoms with E-state index in [0.717, 1.165) is 25.7 Å². The van der Waals surface area contributed by atoms with Crippen LogP contribution in [-0.4, -0.2) is 39.6 Å². The van der Waals surface area contributed by atoms with Crippen LogP contribution in [-0.2, 0) is 19.9 Å². The predicted octanol–water partition coefficient (Wildman–Crippen LogP) is 0.0355. The Morgan fingerprint density at radius 1 is 1.06 bits per heavy atom. The zero-order chi connectivity index (χ0) is 11.8. The van der Waals surface area contributed by atoms with E-state index in [1.165, 1.54) is 0 Å². The van der Waals surface area contributed by atoms with Crippen LogP contribution in [0, 0.1) is 0 Å². The highest BCUT2D eigenvalue weighted by molar-refractivity contribution is 7.95. The second-order valence-corrected chi connectivity index (χ2v) is 8.89. The summed E-state index contributed by atoms with van der Waals surface area (Å²) < 4.78 is 48.9. The number of sulfone groups is 1. The van der Waals surface area contributed by atoms with Gasteiger partial charge in [0.25, 0.3) is 0 Å². The number of sulfonamides is 1. The molecule has 0 aromatic carbocycles. The van der Waals surface area contributed by atoms with Gasteiger partial charge in [0.1, 0.15) is 0 Å². The van der Waals surface area contributed by atoms with Gasteiger partial charge in [0.2, 0.25) is 10.0 Å². The topological polar surface area (TPSA) is 80.3 Å². The molecule has 5 nitrogen and oxygen atoms in total. The molecule has 94 valence electrons. The summed E-state index contributed by atoms with van der Waals surface area (Å²) in [6.45, 7) is 0. The molecule has 1 aliphatic carbocycles. The molecular weight excluding hydrogens is 250 g/mol. The fraction of sp³-hybridized carbons (Fsp3) is 1.00. The monoisotopic (exact) mass is 267 g/mol. The van der Waals surface area contributed by atoms with Gasteiger partial charge in [-0.25, -0.2) is 21.6 Å². The molecule has 0 amide bonds. The van der Waals surface area contributed by atoms with Crippen molar-refractivity contribution < 1.29 is 16.8 Å². The molecule has 0 aromatic heterocycles. The average molecular weight is 267 g/mol. The second-order valence-electron chi connectivity index (χ2n) is 4.67. The van der Waals surface area contributed by atoms with E-state index in [-0.39, 0.29) is 24.0 Å². The molecule has 16 heavy (non-hydrogen) atoms. The summed E-state index contributed by atoms with van der Waals surface area (Å²) in [5.41, 5.74) is 0. The normalized spacial score (nSPS) is 30.9. The Morgan fingerprint density at radius 2 is 1.69 bits per heavy atom. The van der Waals surface area contributed by atoms with Gasteiger partial charge < -0.3 is 0 Å². The zero-order valence-electron chi connectivity index (χ0n) is 9.05. The maximum absolute atomic E-state index is 11.9. The molecule has 1 unspecified atom stereocenters. The molecule has 2 aliphatic rings. The average Bonchev–Trinajstić information content (AvgIpc) is 2.74. The third-order valence-electron chi connectivity index (χ3n) is 3.32. The first-order valence-electron chi connectivity index (χ1n) is 5.61. The van der Waals surface area contributed by atoms with E-state index in [1.807, 2.05) is 0 Å². The molecule has 1 heterocycles. The van der Waals surface area contributed by atoms with Crippen LogP contribution in [0.15, 0.2) is 0 Å². The molecule has 7 heteroatoms. The highest BCUT2D eigenvalue weighted by atomic mass is 32.2. The van der Waals surface area contributed by atoms with E-state index >= 15 is 0 Å². The molecular formula is C9H17NO4S2. The van der Waals surface area contributed by atoms with Gasteiger partial charge in [0.05, 0.1) is 16.8 Å². The van der Waals surface area contributed by atoms with E-state index in [9.17, 15) is 16.8 Å². The zero-order valence-corrected chi connectivity index (χ0v) is 10.7. The molecule has 1 N–H and O–H groups in total. The van der Waals surface area contributed by atoms with Crippen molar-refractivity contribution in [2.24, 2.45) is 0 Å². The van der Waals surface area contributed by atoms with Crippen molar-refractivity contribution in [2.45, 2.75) is 43.4 Å². The SMILES string of the molecule is O=S1(=O)CCC(S(=O)(=O)NC2CCCC2)C1. The van der Waals surface area contributed by atoms with E-state index in [2.05, 4.69) is 4.72 Å². The minimum Gasteiger partial charge on any atom is -0.229 e. The lowest BCUT2D eigenvalue weighted by atomic mass is 10.3. The Balaban J connectivity index is 2.02. The van der Waals surface area contributed by atoms with Crippen molar-refractivity contribution in [2.75, 3.05) is 11.5 Å². The van der Waals surface area contributed by atoms with Crippen LogP contribution in [0.2, 0.25) is 0 Å². The van der Waals surface area contributed by atoms with Gasteiger partial charge in [-0.05, 0) is 19.3 Å². The lowest BCUT2D eigenvalue weighted by molar-refractivity contribution is 0.541. The maximum Gasteiger partial charge on any atom is 0.215 e. The minimum absolute atomic E-state index is 0.00322. The van der Waals surface area contributed by atoms with E-state index in [1.54, 1.807) is 0 Å². The first-order valence-corrected chi connectivity index (χ1v) is 8.97. The molecule has 2 fully saturated rings. The quantitative estimate of drug-likeness (QED) is 0.782. The Bertz CT molecular complexity index is 448. The minimum atomic E-state index is -3.44. The summed E-state index contributed by atoms with van der Waals surface area (Å²) in [4.78, 5) is 0. The standard InChI is InChI=1S/C9H17NO4S2/c11-15(12)6-5-9(7-15)16(13,14)10-8-3-1-2-4-8/h8-10H,1-7H2. The van der Waals surface area contributed by atoms with Crippen LogP contribution in [0.25, 0.3) is 0 Å². The largest absolute Gasteiger partial charge is 0.229 e. The maximum atomic E-state index is 11.9. The van der Waals surface area contributed by atoms with Crippen LogP contribution in [0.5, 0.6) is 0 Å². The van der Waals surface area contributed by atoms with Gasteiger partial charge in [-0.1, -0.05) is 12.8 Å². The van der Waals surface area contributed by atoms with Crippen molar-refractivity contribution >= 4 is 19.9 Å². The second kappa shape index (κ2) is 4.27. The van der Waals surface area contributed by atoms with Gasteiger partial charge in [-0.15, -0.1) is 0 Å². The van der Waals surface area contributed by atoms with E-state index in [0.29, 0.717) is 0 Å². The Morgan fingerprint density at radius 3 is 2.19 bits per heavy atom. The lowest BCUT2D eigenvalue weighted by Gasteiger charge is -2.15. The predicted molar refractivity (Wildman–Crippen MR) is 61.4 cm³/mol. The molecule has 1 atom stereocenters. The summed E-state index contributed by atoms with van der Waals surface area (Å²) in [6, 6.07) is 0.0216. The van der Waals surface area contributed by atoms with E-state index < -0.39 is 25.1 Å². The third-order valence-corrected chi connectivity index (χ3v) is 7.24. The van der Waals surface area contributed by atoms with Gasteiger partial charge in [-0.2, -0.15) is 0 Å².